The second kappa shape index (κ2) is 9.72. The molecular formula is C13H9FeN-10. The van der Waals surface area contributed by atoms with Crippen LogP contribution in [0.2, 0.25) is 0 Å². The maximum absolute atomic E-state index is 3.15. The van der Waals surface area contributed by atoms with Crippen LogP contribution in [0.15, 0.2) is 6.07 Å². The fourth-order valence-electron chi connectivity index (χ4n) is 0.763. The average molecular weight is 235 g/mol. The van der Waals surface area contributed by atoms with Crippen molar-refractivity contribution in [1.82, 2.24) is 5.32 Å². The van der Waals surface area contributed by atoms with Crippen molar-refractivity contribution >= 4 is 0 Å². The molecule has 2 aromatic rings. The van der Waals surface area contributed by atoms with Gasteiger partial charge in [0, 0.05) is 17.1 Å². The average Bonchev–Trinajstić information content (AvgIpc) is 2.90. The third-order valence-corrected chi connectivity index (χ3v) is 1.39. The van der Waals surface area contributed by atoms with Gasteiger partial charge >= 0.3 is 0 Å². The van der Waals surface area contributed by atoms with Gasteiger partial charge in [0.25, 0.3) is 0 Å². The summed E-state index contributed by atoms with van der Waals surface area (Å²) in [6.07, 6.45) is 0. The first-order chi connectivity index (χ1) is 6.93. The fraction of sp³-hybridized carbons (Fsp3) is 0.231. The van der Waals surface area contributed by atoms with Crippen molar-refractivity contribution in [1.29, 1.82) is 0 Å². The molecule has 2 rings (SSSR count). The maximum Gasteiger partial charge on any atom is 0 e. The second-order valence-electron chi connectivity index (χ2n) is 2.44. The quantitative estimate of drug-likeness (QED) is 0.625. The molecule has 1 nitrogen and oxygen atoms in total. The van der Waals surface area contributed by atoms with Crippen LogP contribution in [0.5, 0.6) is 0 Å². The Kier molecular flexibility index (Phi) is 9.19. The van der Waals surface area contributed by atoms with E-state index in [9.17, 15) is 0 Å². The van der Waals surface area contributed by atoms with Gasteiger partial charge in [-0.1, -0.05) is 6.92 Å². The number of hydrogen-bond acceptors (Lipinski definition) is 1. The van der Waals surface area contributed by atoms with E-state index in [-0.39, 0.29) is 17.1 Å². The fourth-order valence-corrected chi connectivity index (χ4v) is 0.763. The van der Waals surface area contributed by atoms with E-state index in [2.05, 4.69) is 60.8 Å². The Labute approximate surface area is 103 Å². The smallest absolute Gasteiger partial charge is 0 e. The van der Waals surface area contributed by atoms with Crippen molar-refractivity contribution < 1.29 is 17.1 Å². The summed E-state index contributed by atoms with van der Waals surface area (Å²) >= 11 is 0. The number of rotatable bonds is 3. The van der Waals surface area contributed by atoms with Gasteiger partial charge in [0.05, 0.1) is 0 Å². The SMILES string of the molecule is CCNC[c-]1[c-][c-][c-][c-]1.[Fe].[c-]1[c-][c-][cH-][c-]1. The molecule has 0 saturated carbocycles. The Morgan fingerprint density at radius 2 is 1.67 bits per heavy atom. The molecular weight excluding hydrogens is 226 g/mol. The summed E-state index contributed by atoms with van der Waals surface area (Å²) in [5.41, 5.74) is 1.01. The summed E-state index contributed by atoms with van der Waals surface area (Å²) in [6.45, 7) is 3.87. The predicted octanol–water partition coefficient (Wildman–Crippen LogP) is 1.32. The van der Waals surface area contributed by atoms with Crippen LogP contribution in [0, 0.1) is 48.5 Å². The van der Waals surface area contributed by atoms with Crippen LogP contribution < -0.4 is 5.32 Å². The molecule has 0 saturated heterocycles. The minimum absolute atomic E-state index is 0. The summed E-state index contributed by atoms with van der Waals surface area (Å²) in [4.78, 5) is 0. The number of hydrogen-bond donors (Lipinski definition) is 1. The Morgan fingerprint density at radius 1 is 1.07 bits per heavy atom. The molecule has 0 aliphatic rings. The van der Waals surface area contributed by atoms with Gasteiger partial charge in [-0.15, -0.1) is 0 Å². The summed E-state index contributed by atoms with van der Waals surface area (Å²) in [5, 5.41) is 3.15. The van der Waals surface area contributed by atoms with Gasteiger partial charge in [-0.05, 0) is 6.54 Å². The van der Waals surface area contributed by atoms with Crippen molar-refractivity contribution in [3.05, 3.63) is 60.2 Å². The topological polar surface area (TPSA) is 12.0 Å². The van der Waals surface area contributed by atoms with E-state index >= 15 is 0 Å². The van der Waals surface area contributed by atoms with E-state index in [4.69, 9.17) is 0 Å². The monoisotopic (exact) mass is 235 g/mol. The minimum Gasteiger partial charge on any atom is -0.999 e. The first-order valence-electron chi connectivity index (χ1n) is 4.35. The normalized spacial score (nSPS) is 8.60. The van der Waals surface area contributed by atoms with E-state index in [1.807, 2.05) is 0 Å². The molecule has 0 bridgehead atoms. The summed E-state index contributed by atoms with van der Waals surface area (Å²) in [6, 6.07) is 23.1. The molecule has 0 amide bonds. The molecule has 2 aromatic carbocycles. The summed E-state index contributed by atoms with van der Waals surface area (Å²) in [5.74, 6) is 0. The Bertz CT molecular complexity index is 267. The van der Waals surface area contributed by atoms with Crippen LogP contribution in [0.3, 0.4) is 0 Å². The number of nitrogens with one attached hydrogen (secondary N) is 1. The van der Waals surface area contributed by atoms with Gasteiger partial charge in [-0.25, -0.2) is 0 Å². The molecule has 15 heavy (non-hydrogen) atoms. The molecule has 0 unspecified atom stereocenters. The molecule has 0 aliphatic carbocycles. The summed E-state index contributed by atoms with van der Waals surface area (Å²) in [7, 11) is 0. The van der Waals surface area contributed by atoms with Crippen LogP contribution in [0.1, 0.15) is 12.5 Å². The Morgan fingerprint density at radius 3 is 2.07 bits per heavy atom. The third kappa shape index (κ3) is 7.15. The van der Waals surface area contributed by atoms with Crippen molar-refractivity contribution in [2.24, 2.45) is 0 Å². The van der Waals surface area contributed by atoms with E-state index in [1.54, 1.807) is 6.07 Å². The van der Waals surface area contributed by atoms with Crippen molar-refractivity contribution in [3.63, 3.8) is 0 Å². The Hall–Kier alpha value is -0.821. The zero-order valence-electron chi connectivity index (χ0n) is 8.35. The zero-order chi connectivity index (χ0) is 10.1. The van der Waals surface area contributed by atoms with Crippen LogP contribution in [-0.2, 0) is 23.6 Å². The zero-order valence-corrected chi connectivity index (χ0v) is 9.45. The standard InChI is InChI=1S/C8H8N.C5H.Fe/c1-2-9-7-8-5-3-4-6-8;1-2-4-5-3-1;/h9H,2,7H2,1H3;1H;/q2*-5;. The molecule has 0 aromatic heterocycles. The van der Waals surface area contributed by atoms with Gasteiger partial charge in [-0.2, -0.15) is 6.54 Å². The van der Waals surface area contributed by atoms with Crippen molar-refractivity contribution in [2.45, 2.75) is 13.5 Å². The van der Waals surface area contributed by atoms with Gasteiger partial charge in [0.2, 0.25) is 0 Å². The third-order valence-electron chi connectivity index (χ3n) is 1.39. The first-order valence-corrected chi connectivity index (χ1v) is 4.35. The van der Waals surface area contributed by atoms with Crippen molar-refractivity contribution in [2.75, 3.05) is 6.54 Å². The van der Waals surface area contributed by atoms with Crippen LogP contribution >= 0.6 is 0 Å². The maximum atomic E-state index is 3.15. The van der Waals surface area contributed by atoms with E-state index < -0.39 is 0 Å². The summed E-state index contributed by atoms with van der Waals surface area (Å²) < 4.78 is 0. The molecule has 84 valence electrons. The molecule has 2 heteroatoms. The van der Waals surface area contributed by atoms with Gasteiger partial charge in [0.15, 0.2) is 0 Å². The molecule has 0 radical (unpaired) electrons. The minimum atomic E-state index is 0. The predicted molar refractivity (Wildman–Crippen MR) is 52.1 cm³/mol. The van der Waals surface area contributed by atoms with Gasteiger partial charge in [0.1, 0.15) is 0 Å². The molecule has 0 spiro atoms. The molecule has 0 fully saturated rings. The molecule has 0 atom stereocenters. The van der Waals surface area contributed by atoms with E-state index in [1.165, 1.54) is 0 Å². The van der Waals surface area contributed by atoms with Crippen molar-refractivity contribution in [3.8, 4) is 0 Å². The van der Waals surface area contributed by atoms with Crippen LogP contribution in [0.4, 0.5) is 0 Å². The second-order valence-corrected chi connectivity index (χ2v) is 2.44. The van der Waals surface area contributed by atoms with E-state index in [0.717, 1.165) is 18.7 Å². The van der Waals surface area contributed by atoms with Crippen LogP contribution in [0.25, 0.3) is 0 Å². The molecule has 0 heterocycles. The first kappa shape index (κ1) is 14.2. The van der Waals surface area contributed by atoms with Crippen LogP contribution in [-0.4, -0.2) is 6.54 Å². The largest absolute Gasteiger partial charge is 0.999 e. The molecule has 0 aliphatic heterocycles. The van der Waals surface area contributed by atoms with Gasteiger partial charge in [-0.3, -0.25) is 0 Å². The van der Waals surface area contributed by atoms with Gasteiger partial charge < -0.3 is 65.5 Å². The van der Waals surface area contributed by atoms with E-state index in [0.29, 0.717) is 0 Å². The molecule has 1 N–H and O–H groups in total. The Balaban J connectivity index is 0.000000280.